The van der Waals surface area contributed by atoms with Crippen molar-refractivity contribution in [3.8, 4) is 0 Å². The summed E-state index contributed by atoms with van der Waals surface area (Å²) >= 11 is 0. The van der Waals surface area contributed by atoms with Gasteiger partial charge in [-0.25, -0.2) is 0 Å². The van der Waals surface area contributed by atoms with Gasteiger partial charge in [-0.3, -0.25) is 0 Å². The summed E-state index contributed by atoms with van der Waals surface area (Å²) in [5, 5.41) is 10.0. The van der Waals surface area contributed by atoms with E-state index < -0.39 is 5.60 Å². The van der Waals surface area contributed by atoms with Crippen molar-refractivity contribution in [3.63, 3.8) is 0 Å². The topological polar surface area (TPSA) is 20.2 Å². The minimum Gasteiger partial charge on any atom is -0.390 e. The van der Waals surface area contributed by atoms with Crippen molar-refractivity contribution < 1.29 is 5.11 Å². The average molecular weight is 178 g/mol. The highest BCUT2D eigenvalue weighted by Crippen LogP contribution is 2.21. The summed E-state index contributed by atoms with van der Waals surface area (Å²) in [5.41, 5.74) is 0.600. The van der Waals surface area contributed by atoms with Gasteiger partial charge in [0.2, 0.25) is 0 Å². The molecule has 0 aliphatic rings. The molecule has 1 atom stereocenters. The van der Waals surface area contributed by atoms with Crippen LogP contribution in [0.25, 0.3) is 0 Å². The van der Waals surface area contributed by atoms with Gasteiger partial charge in [0.15, 0.2) is 0 Å². The fourth-order valence-corrected chi connectivity index (χ4v) is 1.21. The quantitative estimate of drug-likeness (QED) is 0.754. The monoisotopic (exact) mass is 178 g/mol. The zero-order valence-corrected chi connectivity index (χ0v) is 8.62. The van der Waals surface area contributed by atoms with Gasteiger partial charge in [-0.15, -0.1) is 0 Å². The van der Waals surface area contributed by atoms with Crippen LogP contribution in [0.2, 0.25) is 0 Å². The number of hydrogen-bond acceptors (Lipinski definition) is 1. The van der Waals surface area contributed by atoms with Crippen LogP contribution >= 0.6 is 0 Å². The van der Waals surface area contributed by atoms with Crippen LogP contribution in [0.1, 0.15) is 26.3 Å². The SMILES string of the molecule is CC(C)[C@@](C)(O)Cc1ccccc1. The molecule has 0 heterocycles. The summed E-state index contributed by atoms with van der Waals surface area (Å²) in [6, 6.07) is 10.1. The lowest BCUT2D eigenvalue weighted by atomic mass is 9.86. The molecule has 1 N–H and O–H groups in total. The van der Waals surface area contributed by atoms with E-state index >= 15 is 0 Å². The number of aliphatic hydroxyl groups is 1. The highest BCUT2D eigenvalue weighted by molar-refractivity contribution is 5.16. The lowest BCUT2D eigenvalue weighted by Crippen LogP contribution is -2.33. The van der Waals surface area contributed by atoms with Gasteiger partial charge in [0.1, 0.15) is 0 Å². The van der Waals surface area contributed by atoms with Crippen molar-refractivity contribution in [2.24, 2.45) is 5.92 Å². The maximum Gasteiger partial charge on any atom is 0.0682 e. The zero-order chi connectivity index (χ0) is 9.90. The number of hydrogen-bond donors (Lipinski definition) is 1. The summed E-state index contributed by atoms with van der Waals surface area (Å²) in [6.07, 6.45) is 0.728. The summed E-state index contributed by atoms with van der Waals surface area (Å²) in [6.45, 7) is 5.98. The Kier molecular flexibility index (Phi) is 3.10. The first-order valence-corrected chi connectivity index (χ1v) is 4.78. The van der Waals surface area contributed by atoms with E-state index in [1.54, 1.807) is 0 Å². The third-order valence-electron chi connectivity index (χ3n) is 2.65. The number of benzene rings is 1. The van der Waals surface area contributed by atoms with Crippen molar-refractivity contribution in [2.45, 2.75) is 32.8 Å². The molecule has 0 saturated carbocycles. The second kappa shape index (κ2) is 3.93. The Hall–Kier alpha value is -0.820. The molecular weight excluding hydrogens is 160 g/mol. The molecule has 0 spiro atoms. The molecule has 1 heteroatoms. The molecule has 1 nitrogen and oxygen atoms in total. The molecule has 0 radical (unpaired) electrons. The molecule has 0 amide bonds. The first-order valence-electron chi connectivity index (χ1n) is 4.78. The average Bonchev–Trinajstić information content (AvgIpc) is 2.05. The van der Waals surface area contributed by atoms with Crippen LogP contribution in [0.15, 0.2) is 30.3 Å². The lowest BCUT2D eigenvalue weighted by molar-refractivity contribution is 0.0140. The second-order valence-corrected chi connectivity index (χ2v) is 4.17. The molecule has 0 saturated heterocycles. The first kappa shape index (κ1) is 10.3. The van der Waals surface area contributed by atoms with Crippen molar-refractivity contribution in [3.05, 3.63) is 35.9 Å². The maximum absolute atomic E-state index is 10.0. The van der Waals surface area contributed by atoms with Crippen LogP contribution in [0.4, 0.5) is 0 Å². The van der Waals surface area contributed by atoms with Gasteiger partial charge in [0.25, 0.3) is 0 Å². The molecule has 0 aliphatic carbocycles. The van der Waals surface area contributed by atoms with E-state index in [0.717, 1.165) is 6.42 Å². The van der Waals surface area contributed by atoms with E-state index in [-0.39, 0.29) is 5.92 Å². The molecule has 0 fully saturated rings. The van der Waals surface area contributed by atoms with E-state index in [4.69, 9.17) is 0 Å². The van der Waals surface area contributed by atoms with E-state index in [1.165, 1.54) is 5.56 Å². The maximum atomic E-state index is 10.0. The minimum atomic E-state index is -0.596. The summed E-state index contributed by atoms with van der Waals surface area (Å²) in [7, 11) is 0. The number of rotatable bonds is 3. The Morgan fingerprint density at radius 2 is 1.77 bits per heavy atom. The van der Waals surface area contributed by atoms with Gasteiger partial charge < -0.3 is 5.11 Å². The van der Waals surface area contributed by atoms with Crippen LogP contribution in [-0.4, -0.2) is 10.7 Å². The van der Waals surface area contributed by atoms with Gasteiger partial charge in [-0.1, -0.05) is 44.2 Å². The van der Waals surface area contributed by atoms with Crippen molar-refractivity contribution >= 4 is 0 Å². The van der Waals surface area contributed by atoms with Crippen molar-refractivity contribution in [2.75, 3.05) is 0 Å². The smallest absolute Gasteiger partial charge is 0.0682 e. The molecule has 1 aromatic rings. The fraction of sp³-hybridized carbons (Fsp3) is 0.500. The molecular formula is C12H18O. The third-order valence-corrected chi connectivity index (χ3v) is 2.65. The zero-order valence-electron chi connectivity index (χ0n) is 8.62. The lowest BCUT2D eigenvalue weighted by Gasteiger charge is -2.27. The predicted octanol–water partition coefficient (Wildman–Crippen LogP) is 2.64. The molecule has 0 bridgehead atoms. The highest BCUT2D eigenvalue weighted by Gasteiger charge is 2.24. The molecule has 1 aromatic carbocycles. The van der Waals surface area contributed by atoms with E-state index in [0.29, 0.717) is 0 Å². The van der Waals surface area contributed by atoms with Gasteiger partial charge in [-0.05, 0) is 18.4 Å². The van der Waals surface area contributed by atoms with Crippen LogP contribution in [0.3, 0.4) is 0 Å². The van der Waals surface area contributed by atoms with Crippen LogP contribution in [0.5, 0.6) is 0 Å². The molecule has 1 rings (SSSR count). The van der Waals surface area contributed by atoms with Crippen LogP contribution in [0, 0.1) is 5.92 Å². The molecule has 0 unspecified atom stereocenters. The minimum absolute atomic E-state index is 0.285. The largest absolute Gasteiger partial charge is 0.390 e. The summed E-state index contributed by atoms with van der Waals surface area (Å²) in [4.78, 5) is 0. The molecule has 0 aromatic heterocycles. The van der Waals surface area contributed by atoms with Gasteiger partial charge in [-0.2, -0.15) is 0 Å². The van der Waals surface area contributed by atoms with E-state index in [1.807, 2.05) is 39.0 Å². The predicted molar refractivity (Wildman–Crippen MR) is 55.6 cm³/mol. The molecule has 13 heavy (non-hydrogen) atoms. The Morgan fingerprint density at radius 1 is 1.23 bits per heavy atom. The Morgan fingerprint density at radius 3 is 2.23 bits per heavy atom. The summed E-state index contributed by atoms with van der Waals surface area (Å²) < 4.78 is 0. The van der Waals surface area contributed by atoms with Gasteiger partial charge in [0.05, 0.1) is 5.60 Å². The Bertz CT molecular complexity index is 249. The second-order valence-electron chi connectivity index (χ2n) is 4.17. The highest BCUT2D eigenvalue weighted by atomic mass is 16.3. The first-order chi connectivity index (χ1) is 6.02. The Labute approximate surface area is 80.4 Å². The van der Waals surface area contributed by atoms with Crippen LogP contribution in [-0.2, 0) is 6.42 Å². The van der Waals surface area contributed by atoms with E-state index in [9.17, 15) is 5.11 Å². The standard InChI is InChI=1S/C12H18O/c1-10(2)12(3,13)9-11-7-5-4-6-8-11/h4-8,10,13H,9H2,1-3H3/t12-/m0/s1. The summed E-state index contributed by atoms with van der Waals surface area (Å²) in [5.74, 6) is 0.285. The van der Waals surface area contributed by atoms with Crippen LogP contribution < -0.4 is 0 Å². The molecule has 72 valence electrons. The van der Waals surface area contributed by atoms with Gasteiger partial charge >= 0.3 is 0 Å². The third kappa shape index (κ3) is 2.85. The van der Waals surface area contributed by atoms with E-state index in [2.05, 4.69) is 12.1 Å². The fourth-order valence-electron chi connectivity index (χ4n) is 1.21. The molecule has 0 aliphatic heterocycles. The van der Waals surface area contributed by atoms with Crippen molar-refractivity contribution in [1.82, 2.24) is 0 Å². The normalized spacial score (nSPS) is 15.8. The Balaban J connectivity index is 2.69. The van der Waals surface area contributed by atoms with Gasteiger partial charge in [0, 0.05) is 6.42 Å². The van der Waals surface area contributed by atoms with Crippen molar-refractivity contribution in [1.29, 1.82) is 0 Å².